The molecular formula is C8H7F2N5O. The number of hydrogen-bond acceptors (Lipinski definition) is 5. The zero-order chi connectivity index (χ0) is 11.7. The van der Waals surface area contributed by atoms with Gasteiger partial charge in [-0.25, -0.2) is 8.78 Å². The molecule has 0 bridgehead atoms. The highest BCUT2D eigenvalue weighted by molar-refractivity contribution is 5.35. The Morgan fingerprint density at radius 3 is 2.75 bits per heavy atom. The Morgan fingerprint density at radius 2 is 2.12 bits per heavy atom. The average Bonchev–Trinajstić information content (AvgIpc) is 2.60. The van der Waals surface area contributed by atoms with Crippen LogP contribution >= 0.6 is 0 Å². The first kappa shape index (κ1) is 10.3. The van der Waals surface area contributed by atoms with Crippen LogP contribution in [0.25, 0.3) is 0 Å². The van der Waals surface area contributed by atoms with E-state index in [0.717, 1.165) is 0 Å². The van der Waals surface area contributed by atoms with Crippen LogP contribution in [0.2, 0.25) is 0 Å². The second-order valence-electron chi connectivity index (χ2n) is 2.95. The van der Waals surface area contributed by atoms with Crippen molar-refractivity contribution < 1.29 is 13.5 Å². The summed E-state index contributed by atoms with van der Waals surface area (Å²) in [6.07, 6.45) is 1.36. The summed E-state index contributed by atoms with van der Waals surface area (Å²) in [5.41, 5.74) is 5.17. The van der Waals surface area contributed by atoms with E-state index in [0.29, 0.717) is 6.07 Å². The number of anilines is 1. The Bertz CT molecular complexity index is 527. The summed E-state index contributed by atoms with van der Waals surface area (Å²) in [5, 5.41) is 3.74. The molecule has 2 aromatic heterocycles. The van der Waals surface area contributed by atoms with Gasteiger partial charge >= 0.3 is 6.01 Å². The van der Waals surface area contributed by atoms with Gasteiger partial charge in [-0.2, -0.15) is 9.97 Å². The SMILES string of the molecule is Cn1cnc(Oc2nc(N)c(F)cc2F)n1. The number of rotatable bonds is 2. The predicted molar refractivity (Wildman–Crippen MR) is 49.6 cm³/mol. The summed E-state index contributed by atoms with van der Waals surface area (Å²) >= 11 is 0. The summed E-state index contributed by atoms with van der Waals surface area (Å²) in [5.74, 6) is -2.84. The Balaban J connectivity index is 2.31. The maximum Gasteiger partial charge on any atom is 0.342 e. The molecule has 2 N–H and O–H groups in total. The molecule has 0 aromatic carbocycles. The van der Waals surface area contributed by atoms with Crippen LogP contribution in [0.1, 0.15) is 0 Å². The number of halogens is 2. The fraction of sp³-hybridized carbons (Fsp3) is 0.125. The number of pyridine rings is 1. The van der Waals surface area contributed by atoms with Gasteiger partial charge in [0.05, 0.1) is 0 Å². The van der Waals surface area contributed by atoms with Crippen LogP contribution in [0.15, 0.2) is 12.4 Å². The fourth-order valence-electron chi connectivity index (χ4n) is 0.987. The van der Waals surface area contributed by atoms with Crippen molar-refractivity contribution in [1.29, 1.82) is 0 Å². The molecule has 0 saturated heterocycles. The highest BCUT2D eigenvalue weighted by Gasteiger charge is 2.13. The van der Waals surface area contributed by atoms with E-state index in [1.165, 1.54) is 11.0 Å². The van der Waals surface area contributed by atoms with Crippen molar-refractivity contribution in [2.75, 3.05) is 5.73 Å². The van der Waals surface area contributed by atoms with Gasteiger partial charge in [-0.1, -0.05) is 0 Å². The number of nitrogen functional groups attached to an aromatic ring is 1. The minimum Gasteiger partial charge on any atom is -0.401 e. The molecule has 2 rings (SSSR count). The van der Waals surface area contributed by atoms with Gasteiger partial charge in [0.1, 0.15) is 6.33 Å². The zero-order valence-electron chi connectivity index (χ0n) is 8.19. The third-order valence-corrected chi connectivity index (χ3v) is 1.69. The van der Waals surface area contributed by atoms with Crippen LogP contribution in [-0.2, 0) is 7.05 Å². The van der Waals surface area contributed by atoms with Crippen molar-refractivity contribution >= 4 is 5.82 Å². The third-order valence-electron chi connectivity index (χ3n) is 1.69. The summed E-state index contributed by atoms with van der Waals surface area (Å²) in [6.45, 7) is 0. The Hall–Kier alpha value is -2.25. The topological polar surface area (TPSA) is 78.8 Å². The molecule has 6 nitrogen and oxygen atoms in total. The number of aromatic nitrogens is 4. The van der Waals surface area contributed by atoms with Crippen LogP contribution < -0.4 is 10.5 Å². The van der Waals surface area contributed by atoms with Gasteiger partial charge in [0.15, 0.2) is 17.5 Å². The largest absolute Gasteiger partial charge is 0.401 e. The molecule has 16 heavy (non-hydrogen) atoms. The average molecular weight is 227 g/mol. The monoisotopic (exact) mass is 227 g/mol. The fourth-order valence-corrected chi connectivity index (χ4v) is 0.987. The van der Waals surface area contributed by atoms with Gasteiger partial charge in [0.2, 0.25) is 0 Å². The number of nitrogens with zero attached hydrogens (tertiary/aromatic N) is 4. The van der Waals surface area contributed by atoms with Gasteiger partial charge < -0.3 is 10.5 Å². The normalized spacial score (nSPS) is 10.4. The highest BCUT2D eigenvalue weighted by atomic mass is 19.1. The quantitative estimate of drug-likeness (QED) is 0.823. The van der Waals surface area contributed by atoms with E-state index in [1.54, 1.807) is 7.05 Å². The standard InChI is InChI=1S/C8H7F2N5O/c1-15-3-12-8(14-15)16-7-5(10)2-4(9)6(11)13-7/h2-3H,1H3,(H2,11,13). The number of ether oxygens (including phenoxy) is 1. The maximum atomic E-state index is 13.2. The first-order valence-electron chi connectivity index (χ1n) is 4.21. The van der Waals surface area contributed by atoms with Crippen LogP contribution in [0.4, 0.5) is 14.6 Å². The lowest BCUT2D eigenvalue weighted by atomic mass is 10.4. The van der Waals surface area contributed by atoms with E-state index in [2.05, 4.69) is 15.1 Å². The van der Waals surface area contributed by atoms with Crippen molar-refractivity contribution in [3.05, 3.63) is 24.0 Å². The van der Waals surface area contributed by atoms with Crippen molar-refractivity contribution in [2.45, 2.75) is 0 Å². The van der Waals surface area contributed by atoms with Crippen molar-refractivity contribution in [3.8, 4) is 11.9 Å². The molecule has 0 saturated carbocycles. The molecule has 2 aromatic rings. The van der Waals surface area contributed by atoms with Crippen molar-refractivity contribution in [2.24, 2.45) is 7.05 Å². The highest BCUT2D eigenvalue weighted by Crippen LogP contribution is 2.22. The lowest BCUT2D eigenvalue weighted by Gasteiger charge is -2.02. The van der Waals surface area contributed by atoms with Gasteiger partial charge in [-0.05, 0) is 0 Å². The molecule has 0 amide bonds. The summed E-state index contributed by atoms with van der Waals surface area (Å²) < 4.78 is 32.2. The van der Waals surface area contributed by atoms with E-state index in [1.807, 2.05) is 0 Å². The molecular weight excluding hydrogens is 220 g/mol. The van der Waals surface area contributed by atoms with E-state index in [-0.39, 0.29) is 6.01 Å². The third kappa shape index (κ3) is 1.90. The van der Waals surface area contributed by atoms with Crippen LogP contribution in [0, 0.1) is 11.6 Å². The first-order chi connectivity index (χ1) is 7.56. The van der Waals surface area contributed by atoms with Gasteiger partial charge in [0.25, 0.3) is 5.88 Å². The molecule has 8 heteroatoms. The second-order valence-corrected chi connectivity index (χ2v) is 2.95. The molecule has 0 radical (unpaired) electrons. The van der Waals surface area contributed by atoms with E-state index in [4.69, 9.17) is 10.5 Å². The van der Waals surface area contributed by atoms with Crippen LogP contribution in [0.3, 0.4) is 0 Å². The first-order valence-corrected chi connectivity index (χ1v) is 4.21. The van der Waals surface area contributed by atoms with E-state index in [9.17, 15) is 8.78 Å². The zero-order valence-corrected chi connectivity index (χ0v) is 8.19. The Morgan fingerprint density at radius 1 is 1.38 bits per heavy atom. The van der Waals surface area contributed by atoms with Crippen molar-refractivity contribution in [3.63, 3.8) is 0 Å². The molecule has 84 valence electrons. The lowest BCUT2D eigenvalue weighted by molar-refractivity contribution is 0.389. The summed E-state index contributed by atoms with van der Waals surface area (Å²) in [6, 6.07) is 0.487. The van der Waals surface area contributed by atoms with Gasteiger partial charge in [-0.15, -0.1) is 5.10 Å². The molecule has 0 atom stereocenters. The minimum atomic E-state index is -0.973. The Kier molecular flexibility index (Phi) is 2.39. The minimum absolute atomic E-state index is 0.0973. The number of aryl methyl sites for hydroxylation is 1. The number of hydrogen-bond donors (Lipinski definition) is 1. The predicted octanol–water partition coefficient (Wildman–Crippen LogP) is 0.863. The maximum absolute atomic E-state index is 13.2. The van der Waals surface area contributed by atoms with Gasteiger partial charge in [-0.3, -0.25) is 4.68 Å². The Labute approximate surface area is 88.7 Å². The summed E-state index contributed by atoms with van der Waals surface area (Å²) in [7, 11) is 1.61. The number of nitrogens with two attached hydrogens (primary N) is 1. The molecule has 2 heterocycles. The smallest absolute Gasteiger partial charge is 0.342 e. The molecule has 0 aliphatic rings. The summed E-state index contributed by atoms with van der Waals surface area (Å²) in [4.78, 5) is 7.09. The molecule has 0 unspecified atom stereocenters. The lowest BCUT2D eigenvalue weighted by Crippen LogP contribution is -2.01. The molecule has 0 spiro atoms. The molecule has 0 aliphatic heterocycles. The second kappa shape index (κ2) is 3.72. The van der Waals surface area contributed by atoms with E-state index < -0.39 is 23.3 Å². The van der Waals surface area contributed by atoms with Crippen LogP contribution in [0.5, 0.6) is 11.9 Å². The molecule has 0 fully saturated rings. The van der Waals surface area contributed by atoms with E-state index >= 15 is 0 Å². The van der Waals surface area contributed by atoms with Gasteiger partial charge in [0, 0.05) is 13.1 Å². The van der Waals surface area contributed by atoms with Crippen molar-refractivity contribution in [1.82, 2.24) is 19.7 Å². The molecule has 0 aliphatic carbocycles. The van der Waals surface area contributed by atoms with Crippen LogP contribution in [-0.4, -0.2) is 19.7 Å².